The Labute approximate surface area is 146 Å². The Hall–Kier alpha value is -3.09. The smallest absolute Gasteiger partial charge is 0.417 e. The van der Waals surface area contributed by atoms with Crippen LogP contribution in [0.1, 0.15) is 11.1 Å². The Kier molecular flexibility index (Phi) is 4.54. The van der Waals surface area contributed by atoms with Crippen molar-refractivity contribution in [2.45, 2.75) is 13.1 Å². The van der Waals surface area contributed by atoms with Gasteiger partial charge in [-0.2, -0.15) is 13.2 Å². The van der Waals surface area contributed by atoms with Crippen LogP contribution in [-0.2, 0) is 11.0 Å². The number of aliphatic carboxylic acids is 1. The van der Waals surface area contributed by atoms with E-state index in [1.807, 2.05) is 19.1 Å². The van der Waals surface area contributed by atoms with E-state index in [0.717, 1.165) is 11.6 Å². The molecule has 0 spiro atoms. The minimum Gasteiger partial charge on any atom is -0.546 e. The van der Waals surface area contributed by atoms with E-state index < -0.39 is 24.3 Å². The summed E-state index contributed by atoms with van der Waals surface area (Å²) in [5.74, 6) is -1.74. The Morgan fingerprint density at radius 1 is 1.15 bits per heavy atom. The van der Waals surface area contributed by atoms with E-state index in [9.17, 15) is 23.1 Å². The van der Waals surface area contributed by atoms with Crippen LogP contribution in [0.15, 0.2) is 48.5 Å². The van der Waals surface area contributed by atoms with E-state index in [2.05, 4.69) is 4.98 Å². The molecular formula is C19H13F3NO3-. The number of pyridine rings is 1. The van der Waals surface area contributed by atoms with Crippen molar-refractivity contribution in [1.82, 2.24) is 4.98 Å². The second kappa shape index (κ2) is 6.67. The summed E-state index contributed by atoms with van der Waals surface area (Å²) in [6.07, 6.45) is -4.63. The molecule has 26 heavy (non-hydrogen) atoms. The summed E-state index contributed by atoms with van der Waals surface area (Å²) in [5.41, 5.74) is 1.19. The summed E-state index contributed by atoms with van der Waals surface area (Å²) in [6.45, 7) is 1.04. The van der Waals surface area contributed by atoms with Gasteiger partial charge in [-0.3, -0.25) is 0 Å². The lowest BCUT2D eigenvalue weighted by Crippen LogP contribution is -2.29. The molecule has 0 bridgehead atoms. The Balaban J connectivity index is 2.24. The van der Waals surface area contributed by atoms with E-state index in [4.69, 9.17) is 4.74 Å². The van der Waals surface area contributed by atoms with Gasteiger partial charge in [0.15, 0.2) is 0 Å². The third-order valence-corrected chi connectivity index (χ3v) is 3.80. The SMILES string of the molecule is Cc1ccc(-c2cc(OCC(=O)[O-])c3c(C(F)(F)F)cccc3n2)cc1. The van der Waals surface area contributed by atoms with Crippen molar-refractivity contribution in [3.63, 3.8) is 0 Å². The number of alkyl halides is 3. The number of hydrogen-bond donors (Lipinski definition) is 0. The van der Waals surface area contributed by atoms with Crippen molar-refractivity contribution in [2.24, 2.45) is 0 Å². The standard InChI is InChI=1S/C19H14F3NO3/c1-11-5-7-12(8-6-11)15-9-16(26-10-17(24)25)18-13(19(20,21)22)3-2-4-14(18)23-15/h2-9H,10H2,1H3,(H,24,25)/p-1. The van der Waals surface area contributed by atoms with Gasteiger partial charge in [-0.1, -0.05) is 35.9 Å². The molecule has 134 valence electrons. The van der Waals surface area contributed by atoms with Gasteiger partial charge in [-0.25, -0.2) is 4.98 Å². The van der Waals surface area contributed by atoms with Crippen LogP contribution in [0.4, 0.5) is 13.2 Å². The molecule has 0 aliphatic heterocycles. The van der Waals surface area contributed by atoms with E-state index in [0.29, 0.717) is 11.3 Å². The number of carbonyl (C=O) groups is 1. The Morgan fingerprint density at radius 2 is 1.85 bits per heavy atom. The fourth-order valence-corrected chi connectivity index (χ4v) is 2.61. The van der Waals surface area contributed by atoms with Crippen molar-refractivity contribution < 1.29 is 27.8 Å². The van der Waals surface area contributed by atoms with Gasteiger partial charge in [0.25, 0.3) is 0 Å². The molecule has 4 nitrogen and oxygen atoms in total. The summed E-state index contributed by atoms with van der Waals surface area (Å²) in [4.78, 5) is 15.0. The molecule has 0 unspecified atom stereocenters. The number of fused-ring (bicyclic) bond motifs is 1. The van der Waals surface area contributed by atoms with Crippen molar-refractivity contribution in [3.05, 3.63) is 59.7 Å². The minimum atomic E-state index is -4.63. The number of hydrogen-bond acceptors (Lipinski definition) is 4. The summed E-state index contributed by atoms with van der Waals surface area (Å²) in [7, 11) is 0. The molecule has 0 atom stereocenters. The van der Waals surface area contributed by atoms with Gasteiger partial charge in [0.05, 0.1) is 28.1 Å². The topological polar surface area (TPSA) is 62.2 Å². The highest BCUT2D eigenvalue weighted by Crippen LogP contribution is 2.40. The maximum Gasteiger partial charge on any atom is 0.417 e. The largest absolute Gasteiger partial charge is 0.546 e. The van der Waals surface area contributed by atoms with Gasteiger partial charge in [0.2, 0.25) is 0 Å². The summed E-state index contributed by atoms with van der Waals surface area (Å²) >= 11 is 0. The molecular weight excluding hydrogens is 347 g/mol. The van der Waals surface area contributed by atoms with Crippen LogP contribution in [-0.4, -0.2) is 17.6 Å². The molecule has 0 amide bonds. The van der Waals surface area contributed by atoms with Gasteiger partial charge in [-0.05, 0) is 19.1 Å². The van der Waals surface area contributed by atoms with E-state index >= 15 is 0 Å². The van der Waals surface area contributed by atoms with Crippen LogP contribution in [0.2, 0.25) is 0 Å². The zero-order valence-corrected chi connectivity index (χ0v) is 13.6. The highest BCUT2D eigenvalue weighted by Gasteiger charge is 2.34. The first kappa shape index (κ1) is 17.7. The molecule has 7 heteroatoms. The quantitative estimate of drug-likeness (QED) is 0.716. The molecule has 2 aromatic carbocycles. The maximum absolute atomic E-state index is 13.4. The number of halogens is 3. The lowest BCUT2D eigenvalue weighted by molar-refractivity contribution is -0.307. The normalized spacial score (nSPS) is 11.5. The first-order valence-electron chi connectivity index (χ1n) is 7.66. The highest BCUT2D eigenvalue weighted by molar-refractivity contribution is 5.91. The number of benzene rings is 2. The number of nitrogens with zero attached hydrogens (tertiary/aromatic N) is 1. The number of carboxylic acid groups (broad SMARTS) is 1. The van der Waals surface area contributed by atoms with Gasteiger partial charge in [0.1, 0.15) is 12.4 Å². The first-order valence-corrected chi connectivity index (χ1v) is 7.66. The number of aryl methyl sites for hydroxylation is 1. The van der Waals surface area contributed by atoms with Crippen molar-refractivity contribution in [2.75, 3.05) is 6.61 Å². The zero-order chi connectivity index (χ0) is 18.9. The molecule has 1 heterocycles. The summed E-state index contributed by atoms with van der Waals surface area (Å²) in [6, 6.07) is 12.1. The monoisotopic (exact) mass is 360 g/mol. The maximum atomic E-state index is 13.4. The number of aromatic nitrogens is 1. The summed E-state index contributed by atoms with van der Waals surface area (Å²) in [5, 5.41) is 10.4. The van der Waals surface area contributed by atoms with Crippen molar-refractivity contribution in [1.29, 1.82) is 0 Å². The fraction of sp³-hybridized carbons (Fsp3) is 0.158. The molecule has 0 aliphatic rings. The average Bonchev–Trinajstić information content (AvgIpc) is 2.58. The van der Waals surface area contributed by atoms with E-state index in [1.54, 1.807) is 12.1 Å². The molecule has 3 aromatic rings. The number of carbonyl (C=O) groups excluding carboxylic acids is 1. The Morgan fingerprint density at radius 3 is 2.46 bits per heavy atom. The van der Waals surface area contributed by atoms with Crippen molar-refractivity contribution >= 4 is 16.9 Å². The average molecular weight is 360 g/mol. The van der Waals surface area contributed by atoms with E-state index in [-0.39, 0.29) is 16.7 Å². The van der Waals surface area contributed by atoms with Crippen LogP contribution in [0, 0.1) is 6.92 Å². The third-order valence-electron chi connectivity index (χ3n) is 3.80. The Bertz CT molecular complexity index is 966. The molecule has 0 aliphatic carbocycles. The second-order valence-corrected chi connectivity index (χ2v) is 5.73. The van der Waals surface area contributed by atoms with Gasteiger partial charge in [-0.15, -0.1) is 0 Å². The predicted molar refractivity (Wildman–Crippen MR) is 87.4 cm³/mol. The fourth-order valence-electron chi connectivity index (χ4n) is 2.61. The number of ether oxygens (including phenoxy) is 1. The lowest BCUT2D eigenvalue weighted by Gasteiger charge is -2.16. The highest BCUT2D eigenvalue weighted by atomic mass is 19.4. The van der Waals surface area contributed by atoms with Crippen molar-refractivity contribution in [3.8, 4) is 17.0 Å². The van der Waals surface area contributed by atoms with Crippen LogP contribution in [0.3, 0.4) is 0 Å². The van der Waals surface area contributed by atoms with Gasteiger partial charge < -0.3 is 14.6 Å². The first-order chi connectivity index (χ1) is 12.3. The van der Waals surface area contributed by atoms with Crippen LogP contribution >= 0.6 is 0 Å². The molecule has 0 fully saturated rings. The van der Waals surface area contributed by atoms with Gasteiger partial charge >= 0.3 is 6.18 Å². The van der Waals surface area contributed by atoms with Crippen LogP contribution in [0.25, 0.3) is 22.2 Å². The van der Waals surface area contributed by atoms with Crippen LogP contribution in [0.5, 0.6) is 5.75 Å². The van der Waals surface area contributed by atoms with Crippen LogP contribution < -0.4 is 9.84 Å². The second-order valence-electron chi connectivity index (χ2n) is 5.73. The lowest BCUT2D eigenvalue weighted by atomic mass is 10.0. The molecule has 0 N–H and O–H groups in total. The zero-order valence-electron chi connectivity index (χ0n) is 13.6. The number of rotatable bonds is 4. The molecule has 0 radical (unpaired) electrons. The predicted octanol–water partition coefficient (Wildman–Crippen LogP) is 3.36. The van der Waals surface area contributed by atoms with Gasteiger partial charge in [0, 0.05) is 11.6 Å². The molecule has 0 saturated heterocycles. The minimum absolute atomic E-state index is 0.0613. The molecule has 3 rings (SSSR count). The molecule has 1 aromatic heterocycles. The number of carboxylic acids is 1. The summed E-state index contributed by atoms with van der Waals surface area (Å²) < 4.78 is 45.2. The molecule has 0 saturated carbocycles. The van der Waals surface area contributed by atoms with E-state index in [1.165, 1.54) is 18.2 Å². The third kappa shape index (κ3) is 3.61.